The van der Waals surface area contributed by atoms with Crippen LogP contribution in [0.5, 0.6) is 11.6 Å². The maximum atomic E-state index is 5.95. The molecule has 0 aliphatic rings. The number of hydrogen-bond acceptors (Lipinski definition) is 5. The van der Waals surface area contributed by atoms with Gasteiger partial charge in [0.25, 0.3) is 0 Å². The summed E-state index contributed by atoms with van der Waals surface area (Å²) in [6.45, 7) is 0.758. The van der Waals surface area contributed by atoms with E-state index in [0.29, 0.717) is 5.88 Å². The molecule has 96 valence electrons. The SMILES string of the molecule is CNCc1ccccc1Oc1ncnc2sccc12. The summed E-state index contributed by atoms with van der Waals surface area (Å²) in [6.07, 6.45) is 1.54. The highest BCUT2D eigenvalue weighted by molar-refractivity contribution is 7.16. The van der Waals surface area contributed by atoms with Crippen LogP contribution in [0.4, 0.5) is 0 Å². The molecule has 5 heteroatoms. The Hall–Kier alpha value is -1.98. The van der Waals surface area contributed by atoms with Crippen molar-refractivity contribution in [3.8, 4) is 11.6 Å². The Morgan fingerprint density at radius 3 is 3.00 bits per heavy atom. The molecule has 0 amide bonds. The molecule has 0 aliphatic heterocycles. The lowest BCUT2D eigenvalue weighted by molar-refractivity contribution is 0.460. The van der Waals surface area contributed by atoms with E-state index in [1.165, 1.54) is 6.33 Å². The molecule has 0 bridgehead atoms. The van der Waals surface area contributed by atoms with E-state index in [9.17, 15) is 0 Å². The number of fused-ring (bicyclic) bond motifs is 1. The van der Waals surface area contributed by atoms with Crippen molar-refractivity contribution in [1.82, 2.24) is 15.3 Å². The van der Waals surface area contributed by atoms with Crippen LogP contribution in [0.3, 0.4) is 0 Å². The number of rotatable bonds is 4. The van der Waals surface area contributed by atoms with Crippen LogP contribution in [0.1, 0.15) is 5.56 Å². The third kappa shape index (κ3) is 2.43. The van der Waals surface area contributed by atoms with Crippen molar-refractivity contribution in [2.75, 3.05) is 7.05 Å². The molecule has 4 nitrogen and oxygen atoms in total. The molecule has 0 saturated carbocycles. The second-order valence-electron chi connectivity index (χ2n) is 4.06. The molecular weight excluding hydrogens is 258 g/mol. The number of para-hydroxylation sites is 1. The Kier molecular flexibility index (Phi) is 3.39. The van der Waals surface area contributed by atoms with Gasteiger partial charge >= 0.3 is 0 Å². The fourth-order valence-corrected chi connectivity index (χ4v) is 2.62. The molecule has 19 heavy (non-hydrogen) atoms. The van der Waals surface area contributed by atoms with Crippen molar-refractivity contribution >= 4 is 21.6 Å². The van der Waals surface area contributed by atoms with Gasteiger partial charge in [-0.1, -0.05) is 18.2 Å². The van der Waals surface area contributed by atoms with E-state index in [1.807, 2.05) is 42.8 Å². The predicted molar refractivity (Wildman–Crippen MR) is 76.7 cm³/mol. The van der Waals surface area contributed by atoms with Crippen LogP contribution in [-0.4, -0.2) is 17.0 Å². The van der Waals surface area contributed by atoms with Crippen molar-refractivity contribution in [1.29, 1.82) is 0 Å². The molecule has 2 aromatic heterocycles. The Morgan fingerprint density at radius 2 is 2.11 bits per heavy atom. The lowest BCUT2D eigenvalue weighted by atomic mass is 10.2. The van der Waals surface area contributed by atoms with Gasteiger partial charge in [0.1, 0.15) is 16.9 Å². The van der Waals surface area contributed by atoms with Gasteiger partial charge in [-0.25, -0.2) is 9.97 Å². The minimum atomic E-state index is 0.606. The lowest BCUT2D eigenvalue weighted by Crippen LogP contribution is -2.06. The molecule has 3 rings (SSSR count). The van der Waals surface area contributed by atoms with Crippen molar-refractivity contribution in [2.24, 2.45) is 0 Å². The third-order valence-corrected chi connectivity index (χ3v) is 3.59. The second kappa shape index (κ2) is 5.34. The summed E-state index contributed by atoms with van der Waals surface area (Å²) in [4.78, 5) is 9.39. The van der Waals surface area contributed by atoms with Crippen LogP contribution in [0.25, 0.3) is 10.2 Å². The lowest BCUT2D eigenvalue weighted by Gasteiger charge is -2.10. The van der Waals surface area contributed by atoms with Crippen molar-refractivity contribution in [3.63, 3.8) is 0 Å². The van der Waals surface area contributed by atoms with E-state index in [-0.39, 0.29) is 0 Å². The van der Waals surface area contributed by atoms with Gasteiger partial charge in [0.15, 0.2) is 0 Å². The number of thiophene rings is 1. The van der Waals surface area contributed by atoms with Gasteiger partial charge < -0.3 is 10.1 Å². The topological polar surface area (TPSA) is 47.0 Å². The molecule has 3 aromatic rings. The van der Waals surface area contributed by atoms with E-state index >= 15 is 0 Å². The third-order valence-electron chi connectivity index (χ3n) is 2.77. The summed E-state index contributed by atoms with van der Waals surface area (Å²) in [7, 11) is 1.92. The van der Waals surface area contributed by atoms with E-state index in [4.69, 9.17) is 4.74 Å². The summed E-state index contributed by atoms with van der Waals surface area (Å²) >= 11 is 1.58. The zero-order valence-electron chi connectivity index (χ0n) is 10.5. The van der Waals surface area contributed by atoms with Crippen LogP contribution in [0.2, 0.25) is 0 Å². The zero-order chi connectivity index (χ0) is 13.1. The van der Waals surface area contributed by atoms with Crippen molar-refractivity contribution in [2.45, 2.75) is 6.54 Å². The summed E-state index contributed by atoms with van der Waals surface area (Å²) in [5.41, 5.74) is 1.10. The molecule has 1 N–H and O–H groups in total. The van der Waals surface area contributed by atoms with Crippen molar-refractivity contribution < 1.29 is 4.74 Å². The highest BCUT2D eigenvalue weighted by Gasteiger charge is 2.09. The molecule has 0 saturated heterocycles. The minimum absolute atomic E-state index is 0.606. The normalized spacial score (nSPS) is 10.8. The fraction of sp³-hybridized carbons (Fsp3) is 0.143. The summed E-state index contributed by atoms with van der Waals surface area (Å²) in [6, 6.07) is 9.93. The number of aromatic nitrogens is 2. The maximum absolute atomic E-state index is 5.95. The highest BCUT2D eigenvalue weighted by Crippen LogP contribution is 2.30. The Balaban J connectivity index is 1.99. The fourth-order valence-electron chi connectivity index (χ4n) is 1.89. The van der Waals surface area contributed by atoms with Gasteiger partial charge in [-0.15, -0.1) is 11.3 Å². The van der Waals surface area contributed by atoms with Crippen LogP contribution >= 0.6 is 11.3 Å². The first-order valence-corrected chi connectivity index (χ1v) is 6.85. The first-order valence-electron chi connectivity index (χ1n) is 5.97. The largest absolute Gasteiger partial charge is 0.438 e. The Bertz CT molecular complexity index is 696. The average Bonchev–Trinajstić information content (AvgIpc) is 2.91. The van der Waals surface area contributed by atoms with Gasteiger partial charge in [0.2, 0.25) is 5.88 Å². The number of benzene rings is 1. The number of ether oxygens (including phenoxy) is 1. The minimum Gasteiger partial charge on any atom is -0.438 e. The van der Waals surface area contributed by atoms with E-state index in [0.717, 1.165) is 28.1 Å². The molecule has 2 heterocycles. The smallest absolute Gasteiger partial charge is 0.231 e. The van der Waals surface area contributed by atoms with Gasteiger partial charge in [-0.2, -0.15) is 0 Å². The molecule has 0 radical (unpaired) electrons. The van der Waals surface area contributed by atoms with Gasteiger partial charge in [-0.3, -0.25) is 0 Å². The molecule has 0 atom stereocenters. The van der Waals surface area contributed by atoms with Gasteiger partial charge in [0, 0.05) is 12.1 Å². The standard InChI is InChI=1S/C14H13N3OS/c1-15-8-10-4-2-3-5-12(10)18-13-11-6-7-19-14(11)17-9-16-13/h2-7,9,15H,8H2,1H3. The average molecular weight is 271 g/mol. The van der Waals surface area contributed by atoms with E-state index in [1.54, 1.807) is 11.3 Å². The van der Waals surface area contributed by atoms with Crippen LogP contribution in [0, 0.1) is 0 Å². The summed E-state index contributed by atoms with van der Waals surface area (Å²) in [5.74, 6) is 1.43. The second-order valence-corrected chi connectivity index (χ2v) is 4.95. The number of nitrogens with zero attached hydrogens (tertiary/aromatic N) is 2. The highest BCUT2D eigenvalue weighted by atomic mass is 32.1. The molecule has 0 fully saturated rings. The van der Waals surface area contributed by atoms with Crippen LogP contribution in [-0.2, 0) is 6.54 Å². The maximum Gasteiger partial charge on any atom is 0.231 e. The van der Waals surface area contributed by atoms with Gasteiger partial charge in [-0.05, 0) is 24.6 Å². The number of nitrogens with one attached hydrogen (secondary N) is 1. The van der Waals surface area contributed by atoms with Gasteiger partial charge in [0.05, 0.1) is 5.39 Å². The van der Waals surface area contributed by atoms with Crippen molar-refractivity contribution in [3.05, 3.63) is 47.6 Å². The first kappa shape index (κ1) is 12.1. The Morgan fingerprint density at radius 1 is 1.21 bits per heavy atom. The molecular formula is C14H13N3OS. The molecule has 0 aliphatic carbocycles. The van der Waals surface area contributed by atoms with Crippen LogP contribution < -0.4 is 10.1 Å². The molecule has 0 unspecified atom stereocenters. The quantitative estimate of drug-likeness (QED) is 0.791. The number of hydrogen-bond donors (Lipinski definition) is 1. The molecule has 1 aromatic carbocycles. The zero-order valence-corrected chi connectivity index (χ0v) is 11.3. The first-order chi connectivity index (χ1) is 9.38. The van der Waals surface area contributed by atoms with E-state index in [2.05, 4.69) is 15.3 Å². The monoisotopic (exact) mass is 271 g/mol. The Labute approximate surface area is 115 Å². The summed E-state index contributed by atoms with van der Waals surface area (Å²) in [5, 5.41) is 6.07. The summed E-state index contributed by atoms with van der Waals surface area (Å²) < 4.78 is 5.95. The van der Waals surface area contributed by atoms with E-state index < -0.39 is 0 Å². The van der Waals surface area contributed by atoms with Crippen LogP contribution in [0.15, 0.2) is 42.0 Å². The predicted octanol–water partition coefficient (Wildman–Crippen LogP) is 3.20. The molecule has 0 spiro atoms.